The molecule has 1 aliphatic carbocycles. The fourth-order valence-corrected chi connectivity index (χ4v) is 4.08. The van der Waals surface area contributed by atoms with Crippen molar-refractivity contribution in [1.82, 2.24) is 4.90 Å². The van der Waals surface area contributed by atoms with Crippen LogP contribution in [0.1, 0.15) is 18.4 Å². The van der Waals surface area contributed by atoms with Gasteiger partial charge >= 0.3 is 0 Å². The van der Waals surface area contributed by atoms with E-state index in [0.717, 1.165) is 56.1 Å². The van der Waals surface area contributed by atoms with E-state index >= 15 is 0 Å². The number of amides is 2. The van der Waals surface area contributed by atoms with Crippen LogP contribution < -0.4 is 10.2 Å². The molecule has 2 aliphatic rings. The molecule has 0 radical (unpaired) electrons. The molecule has 4 rings (SSSR count). The number of nitrogens with zero attached hydrogens (tertiary/aromatic N) is 2. The lowest BCUT2D eigenvalue weighted by molar-refractivity contribution is -0.135. The monoisotopic (exact) mass is 427 g/mol. The molecule has 158 valence electrons. The summed E-state index contributed by atoms with van der Waals surface area (Å²) in [6.07, 6.45) is 1.59. The number of carbonyl (C=O) groups excluding carboxylic acids is 2. The summed E-state index contributed by atoms with van der Waals surface area (Å²) in [6, 6.07) is 15.2. The molecule has 1 saturated carbocycles. The van der Waals surface area contributed by atoms with Crippen molar-refractivity contribution in [2.75, 3.05) is 50.1 Å². The predicted molar refractivity (Wildman–Crippen MR) is 118 cm³/mol. The average Bonchev–Trinajstić information content (AvgIpc) is 3.57. The number of carbonyl (C=O) groups is 2. The van der Waals surface area contributed by atoms with Gasteiger partial charge in [0.1, 0.15) is 0 Å². The molecule has 2 aromatic carbocycles. The maximum absolute atomic E-state index is 13.0. The third kappa shape index (κ3) is 4.45. The molecule has 1 saturated heterocycles. The summed E-state index contributed by atoms with van der Waals surface area (Å²) >= 11 is 5.97. The van der Waals surface area contributed by atoms with Crippen LogP contribution in [-0.4, -0.2) is 56.6 Å². The van der Waals surface area contributed by atoms with Gasteiger partial charge in [0.25, 0.3) is 0 Å². The zero-order valence-corrected chi connectivity index (χ0v) is 17.8. The first-order valence-electron chi connectivity index (χ1n) is 10.2. The Bertz CT molecular complexity index is 904. The van der Waals surface area contributed by atoms with Gasteiger partial charge in [-0.15, -0.1) is 0 Å². The van der Waals surface area contributed by atoms with Crippen molar-refractivity contribution in [2.24, 2.45) is 0 Å². The molecule has 0 spiro atoms. The number of hydrogen-bond acceptors (Lipinski definition) is 4. The van der Waals surface area contributed by atoms with Crippen molar-refractivity contribution in [3.05, 3.63) is 59.1 Å². The van der Waals surface area contributed by atoms with E-state index in [9.17, 15) is 9.59 Å². The molecule has 2 fully saturated rings. The smallest absolute Gasteiger partial charge is 0.243 e. The van der Waals surface area contributed by atoms with Gasteiger partial charge in [-0.25, -0.2) is 0 Å². The van der Waals surface area contributed by atoms with Crippen LogP contribution in [0.2, 0.25) is 5.02 Å². The Kier molecular flexibility index (Phi) is 5.97. The highest BCUT2D eigenvalue weighted by molar-refractivity contribution is 6.30. The summed E-state index contributed by atoms with van der Waals surface area (Å²) < 4.78 is 5.38. The van der Waals surface area contributed by atoms with Gasteiger partial charge in [0, 0.05) is 36.5 Å². The Morgan fingerprint density at radius 2 is 1.70 bits per heavy atom. The molecule has 1 heterocycles. The van der Waals surface area contributed by atoms with Crippen molar-refractivity contribution in [2.45, 2.75) is 18.3 Å². The first-order valence-corrected chi connectivity index (χ1v) is 10.6. The fourth-order valence-electron chi connectivity index (χ4n) is 3.95. The van der Waals surface area contributed by atoms with Crippen LogP contribution >= 0.6 is 11.6 Å². The summed E-state index contributed by atoms with van der Waals surface area (Å²) in [5.74, 6) is -0.237. The standard InChI is InChI=1S/C23H26ClN3O3/c1-26(22(29)23(10-11-23)17-2-4-18(24)5-3-17)16-21(28)25-19-6-8-20(9-7-19)27-12-14-30-15-13-27/h2-9H,10-16H2,1H3,(H,25,28). The van der Waals surface area contributed by atoms with E-state index in [1.807, 2.05) is 36.4 Å². The van der Waals surface area contributed by atoms with Crippen molar-refractivity contribution >= 4 is 34.8 Å². The number of anilines is 2. The minimum absolute atomic E-state index is 0.0133. The molecule has 2 aromatic rings. The Morgan fingerprint density at radius 1 is 1.07 bits per heavy atom. The van der Waals surface area contributed by atoms with Gasteiger partial charge in [0.15, 0.2) is 0 Å². The molecule has 6 nitrogen and oxygen atoms in total. The van der Waals surface area contributed by atoms with Gasteiger partial charge in [0.2, 0.25) is 11.8 Å². The van der Waals surface area contributed by atoms with Crippen LogP contribution in [0.5, 0.6) is 0 Å². The van der Waals surface area contributed by atoms with E-state index in [1.165, 1.54) is 4.90 Å². The maximum Gasteiger partial charge on any atom is 0.243 e. The van der Waals surface area contributed by atoms with E-state index in [-0.39, 0.29) is 18.4 Å². The lowest BCUT2D eigenvalue weighted by atomic mass is 9.94. The van der Waals surface area contributed by atoms with Gasteiger partial charge < -0.3 is 19.9 Å². The number of ether oxygens (including phenoxy) is 1. The highest BCUT2D eigenvalue weighted by Gasteiger charge is 2.52. The molecule has 1 N–H and O–H groups in total. The Morgan fingerprint density at radius 3 is 2.30 bits per heavy atom. The van der Waals surface area contributed by atoms with Gasteiger partial charge in [-0.3, -0.25) is 9.59 Å². The Hall–Kier alpha value is -2.57. The molecule has 0 aromatic heterocycles. The summed E-state index contributed by atoms with van der Waals surface area (Å²) in [5.41, 5.74) is 2.28. The number of benzene rings is 2. The first-order chi connectivity index (χ1) is 14.5. The quantitative estimate of drug-likeness (QED) is 0.768. The third-order valence-corrected chi connectivity index (χ3v) is 6.06. The van der Waals surface area contributed by atoms with Crippen LogP contribution in [0.4, 0.5) is 11.4 Å². The normalized spacial score (nSPS) is 17.3. The minimum atomic E-state index is -0.514. The average molecular weight is 428 g/mol. The molecule has 30 heavy (non-hydrogen) atoms. The van der Waals surface area contributed by atoms with E-state index in [0.29, 0.717) is 5.02 Å². The van der Waals surface area contributed by atoms with Gasteiger partial charge in [-0.05, 0) is 54.8 Å². The predicted octanol–water partition coefficient (Wildman–Crippen LogP) is 3.31. The molecule has 1 aliphatic heterocycles. The van der Waals surface area contributed by atoms with Crippen molar-refractivity contribution in [3.63, 3.8) is 0 Å². The van der Waals surface area contributed by atoms with Crippen molar-refractivity contribution < 1.29 is 14.3 Å². The lowest BCUT2D eigenvalue weighted by Gasteiger charge is -2.29. The topological polar surface area (TPSA) is 61.9 Å². The number of halogens is 1. The SMILES string of the molecule is CN(CC(=O)Nc1ccc(N2CCOCC2)cc1)C(=O)C1(c2ccc(Cl)cc2)CC1. The Labute approximate surface area is 181 Å². The van der Waals surface area contributed by atoms with E-state index in [1.54, 1.807) is 19.2 Å². The number of hydrogen-bond donors (Lipinski definition) is 1. The fraction of sp³-hybridized carbons (Fsp3) is 0.391. The second-order valence-corrected chi connectivity index (χ2v) is 8.38. The molecule has 0 bridgehead atoms. The summed E-state index contributed by atoms with van der Waals surface area (Å²) in [5, 5.41) is 3.53. The van der Waals surface area contributed by atoms with E-state index in [4.69, 9.17) is 16.3 Å². The molecule has 2 amide bonds. The first kappa shape index (κ1) is 20.7. The molecule has 7 heteroatoms. The molecule has 0 unspecified atom stereocenters. The summed E-state index contributed by atoms with van der Waals surface area (Å²) in [6.45, 7) is 3.22. The number of likely N-dealkylation sites (N-methyl/N-ethyl adjacent to an activating group) is 1. The maximum atomic E-state index is 13.0. The van der Waals surface area contributed by atoms with E-state index in [2.05, 4.69) is 10.2 Å². The summed E-state index contributed by atoms with van der Waals surface area (Å²) in [7, 11) is 1.68. The molecule has 0 atom stereocenters. The van der Waals surface area contributed by atoms with E-state index < -0.39 is 5.41 Å². The molecular formula is C23H26ClN3O3. The highest BCUT2D eigenvalue weighted by Crippen LogP contribution is 2.49. The number of nitrogens with one attached hydrogen (secondary N) is 1. The minimum Gasteiger partial charge on any atom is -0.378 e. The Balaban J connectivity index is 1.33. The third-order valence-electron chi connectivity index (χ3n) is 5.81. The van der Waals surface area contributed by atoms with Crippen LogP contribution in [0.25, 0.3) is 0 Å². The van der Waals surface area contributed by atoms with Crippen molar-refractivity contribution in [3.8, 4) is 0 Å². The highest BCUT2D eigenvalue weighted by atomic mass is 35.5. The van der Waals surface area contributed by atoms with Gasteiger partial charge in [0.05, 0.1) is 25.2 Å². The number of rotatable bonds is 6. The lowest BCUT2D eigenvalue weighted by Crippen LogP contribution is -2.41. The largest absolute Gasteiger partial charge is 0.378 e. The van der Waals surface area contributed by atoms with Gasteiger partial charge in [-0.2, -0.15) is 0 Å². The second kappa shape index (κ2) is 8.66. The van der Waals surface area contributed by atoms with Crippen LogP contribution in [-0.2, 0) is 19.7 Å². The molecular weight excluding hydrogens is 402 g/mol. The van der Waals surface area contributed by atoms with Crippen molar-refractivity contribution in [1.29, 1.82) is 0 Å². The van der Waals surface area contributed by atoms with Crippen LogP contribution in [0.3, 0.4) is 0 Å². The second-order valence-electron chi connectivity index (χ2n) is 7.94. The zero-order chi connectivity index (χ0) is 21.1. The van der Waals surface area contributed by atoms with Crippen LogP contribution in [0, 0.1) is 0 Å². The number of morpholine rings is 1. The van der Waals surface area contributed by atoms with Crippen LogP contribution in [0.15, 0.2) is 48.5 Å². The zero-order valence-electron chi connectivity index (χ0n) is 17.1. The van der Waals surface area contributed by atoms with Gasteiger partial charge in [-0.1, -0.05) is 23.7 Å². The summed E-state index contributed by atoms with van der Waals surface area (Å²) in [4.78, 5) is 29.3.